The lowest BCUT2D eigenvalue weighted by Crippen LogP contribution is -2.34. The second-order valence-electron chi connectivity index (χ2n) is 6.01. The van der Waals surface area contributed by atoms with Gasteiger partial charge in [0.15, 0.2) is 0 Å². The number of ether oxygens (including phenoxy) is 1. The molecule has 1 aromatic heterocycles. The highest BCUT2D eigenvalue weighted by molar-refractivity contribution is 5.90. The zero-order valence-electron chi connectivity index (χ0n) is 14.3. The Morgan fingerprint density at radius 2 is 1.96 bits per heavy atom. The van der Waals surface area contributed by atoms with Gasteiger partial charge in [-0.2, -0.15) is 0 Å². The molecule has 1 aliphatic heterocycles. The van der Waals surface area contributed by atoms with Crippen molar-refractivity contribution in [2.75, 3.05) is 30.4 Å². The van der Waals surface area contributed by atoms with Crippen molar-refractivity contribution in [3.05, 3.63) is 52.4 Å². The minimum atomic E-state index is -0.255. The molecule has 7 nitrogen and oxygen atoms in total. The molecule has 0 saturated carbocycles. The van der Waals surface area contributed by atoms with E-state index in [1.807, 2.05) is 30.3 Å². The van der Waals surface area contributed by atoms with Crippen LogP contribution in [0.5, 0.6) is 0 Å². The molecule has 2 aromatic rings. The molecule has 132 valence electrons. The van der Waals surface area contributed by atoms with Crippen LogP contribution in [0.25, 0.3) is 0 Å². The Labute approximate surface area is 146 Å². The first kappa shape index (κ1) is 17.2. The number of hydrogen-bond acceptors (Lipinski definition) is 5. The van der Waals surface area contributed by atoms with E-state index < -0.39 is 0 Å². The van der Waals surface area contributed by atoms with Crippen molar-refractivity contribution in [1.82, 2.24) is 9.55 Å². The zero-order valence-corrected chi connectivity index (χ0v) is 14.3. The van der Waals surface area contributed by atoms with Crippen LogP contribution in [0.2, 0.25) is 0 Å². The van der Waals surface area contributed by atoms with Gasteiger partial charge in [-0.15, -0.1) is 0 Å². The largest absolute Gasteiger partial charge is 0.378 e. The van der Waals surface area contributed by atoms with Gasteiger partial charge in [-0.3, -0.25) is 14.2 Å². The number of benzene rings is 1. The third-order valence-corrected chi connectivity index (χ3v) is 4.08. The van der Waals surface area contributed by atoms with Gasteiger partial charge in [0.2, 0.25) is 11.9 Å². The Balaban J connectivity index is 1.86. The first-order valence-corrected chi connectivity index (χ1v) is 8.37. The third-order valence-electron chi connectivity index (χ3n) is 4.08. The predicted octanol–water partition coefficient (Wildman–Crippen LogP) is 1.63. The van der Waals surface area contributed by atoms with Crippen LogP contribution in [0, 0.1) is 0 Å². The molecule has 25 heavy (non-hydrogen) atoms. The average Bonchev–Trinajstić information content (AvgIpc) is 3.12. The summed E-state index contributed by atoms with van der Waals surface area (Å²) in [5.74, 6) is 0.287. The first-order valence-electron chi connectivity index (χ1n) is 8.37. The number of para-hydroxylation sites is 1. The molecule has 0 unspecified atom stereocenters. The van der Waals surface area contributed by atoms with Crippen LogP contribution in [0.1, 0.15) is 18.5 Å². The number of hydrogen-bond donors (Lipinski definition) is 1. The highest BCUT2D eigenvalue weighted by Crippen LogP contribution is 2.17. The number of rotatable bonds is 6. The van der Waals surface area contributed by atoms with Gasteiger partial charge in [0.1, 0.15) is 6.54 Å². The molecule has 1 aliphatic rings. The molecule has 0 radical (unpaired) electrons. The maximum Gasteiger partial charge on any atom is 0.255 e. The number of nitrogens with one attached hydrogen (secondary N) is 1. The van der Waals surface area contributed by atoms with Crippen molar-refractivity contribution in [3.8, 4) is 0 Å². The molecule has 0 aliphatic carbocycles. The minimum absolute atomic E-state index is 0.0696. The first-order chi connectivity index (χ1) is 12.2. The summed E-state index contributed by atoms with van der Waals surface area (Å²) in [4.78, 5) is 31.5. The monoisotopic (exact) mass is 342 g/mol. The van der Waals surface area contributed by atoms with E-state index in [0.717, 1.165) is 25.9 Å². The lowest BCUT2D eigenvalue weighted by atomic mass is 10.3. The molecule has 1 aromatic carbocycles. The van der Waals surface area contributed by atoms with Crippen LogP contribution >= 0.6 is 0 Å². The van der Waals surface area contributed by atoms with Crippen LogP contribution in [0.15, 0.2) is 41.2 Å². The van der Waals surface area contributed by atoms with Gasteiger partial charge in [0.05, 0.1) is 12.3 Å². The van der Waals surface area contributed by atoms with E-state index in [1.54, 1.807) is 7.11 Å². The summed E-state index contributed by atoms with van der Waals surface area (Å²) in [6.07, 6.45) is 2.11. The summed E-state index contributed by atoms with van der Waals surface area (Å²) in [6, 6.07) is 10.6. The number of carbonyl (C=O) groups is 1. The highest BCUT2D eigenvalue weighted by Gasteiger charge is 2.20. The van der Waals surface area contributed by atoms with Gasteiger partial charge in [0.25, 0.3) is 5.56 Å². The second-order valence-corrected chi connectivity index (χ2v) is 6.01. The number of nitrogens with zero attached hydrogens (tertiary/aromatic N) is 3. The Kier molecular flexibility index (Phi) is 5.45. The molecular formula is C18H22N4O3. The molecule has 1 amide bonds. The Hall–Kier alpha value is -2.67. The normalized spacial score (nSPS) is 13.9. The summed E-state index contributed by atoms with van der Waals surface area (Å²) in [6.45, 7) is 1.87. The van der Waals surface area contributed by atoms with E-state index in [4.69, 9.17) is 4.74 Å². The molecule has 1 N–H and O–H groups in total. The number of aromatic nitrogens is 2. The maximum atomic E-state index is 12.5. The molecule has 2 heterocycles. The Morgan fingerprint density at radius 1 is 1.24 bits per heavy atom. The number of anilines is 2. The molecule has 1 saturated heterocycles. The Bertz CT molecular complexity index is 783. The topological polar surface area (TPSA) is 76.5 Å². The van der Waals surface area contributed by atoms with Crippen LogP contribution in [0.4, 0.5) is 11.6 Å². The van der Waals surface area contributed by atoms with E-state index in [1.165, 1.54) is 10.6 Å². The van der Waals surface area contributed by atoms with Gasteiger partial charge in [-0.1, -0.05) is 18.2 Å². The van der Waals surface area contributed by atoms with Crippen LogP contribution < -0.4 is 15.8 Å². The van der Waals surface area contributed by atoms with Crippen molar-refractivity contribution in [3.63, 3.8) is 0 Å². The van der Waals surface area contributed by atoms with Crippen LogP contribution in [0.3, 0.4) is 0 Å². The molecule has 0 atom stereocenters. The second kappa shape index (κ2) is 7.94. The van der Waals surface area contributed by atoms with E-state index in [2.05, 4.69) is 15.2 Å². The third kappa shape index (κ3) is 4.24. The van der Waals surface area contributed by atoms with Gasteiger partial charge < -0.3 is 15.0 Å². The quantitative estimate of drug-likeness (QED) is 0.863. The van der Waals surface area contributed by atoms with Crippen molar-refractivity contribution >= 4 is 17.5 Å². The lowest BCUT2D eigenvalue weighted by Gasteiger charge is -2.21. The van der Waals surface area contributed by atoms with E-state index in [9.17, 15) is 9.59 Å². The van der Waals surface area contributed by atoms with Crippen LogP contribution in [-0.2, 0) is 22.7 Å². The molecule has 0 bridgehead atoms. The molecule has 7 heteroatoms. The highest BCUT2D eigenvalue weighted by atomic mass is 16.5. The van der Waals surface area contributed by atoms with Gasteiger partial charge in [-0.05, 0) is 25.0 Å². The summed E-state index contributed by atoms with van der Waals surface area (Å²) >= 11 is 0. The fourth-order valence-corrected chi connectivity index (χ4v) is 2.93. The van der Waals surface area contributed by atoms with Gasteiger partial charge in [0, 0.05) is 32.0 Å². The van der Waals surface area contributed by atoms with Gasteiger partial charge >= 0.3 is 0 Å². The maximum absolute atomic E-state index is 12.5. The summed E-state index contributed by atoms with van der Waals surface area (Å²) in [7, 11) is 1.57. The smallest absolute Gasteiger partial charge is 0.255 e. The van der Waals surface area contributed by atoms with Crippen molar-refractivity contribution < 1.29 is 9.53 Å². The van der Waals surface area contributed by atoms with Crippen molar-refractivity contribution in [2.45, 2.75) is 26.0 Å². The molecule has 0 spiro atoms. The van der Waals surface area contributed by atoms with Crippen molar-refractivity contribution in [1.29, 1.82) is 0 Å². The van der Waals surface area contributed by atoms with E-state index in [0.29, 0.717) is 17.3 Å². The predicted molar refractivity (Wildman–Crippen MR) is 95.7 cm³/mol. The minimum Gasteiger partial charge on any atom is -0.378 e. The average molecular weight is 342 g/mol. The fraction of sp³-hybridized carbons (Fsp3) is 0.389. The number of amides is 1. The molecule has 1 fully saturated rings. The summed E-state index contributed by atoms with van der Waals surface area (Å²) < 4.78 is 6.53. The summed E-state index contributed by atoms with van der Waals surface area (Å²) in [5.41, 5.74) is 1.04. The van der Waals surface area contributed by atoms with E-state index >= 15 is 0 Å². The number of methoxy groups -OCH3 is 1. The molecular weight excluding hydrogens is 320 g/mol. The number of carbonyl (C=O) groups excluding carboxylic acids is 1. The van der Waals surface area contributed by atoms with E-state index in [-0.39, 0.29) is 24.6 Å². The van der Waals surface area contributed by atoms with Crippen molar-refractivity contribution in [2.24, 2.45) is 0 Å². The van der Waals surface area contributed by atoms with Gasteiger partial charge in [-0.25, -0.2) is 4.98 Å². The Morgan fingerprint density at radius 3 is 2.64 bits per heavy atom. The lowest BCUT2D eigenvalue weighted by molar-refractivity contribution is -0.116. The fourth-order valence-electron chi connectivity index (χ4n) is 2.93. The summed E-state index contributed by atoms with van der Waals surface area (Å²) in [5, 5.41) is 2.81. The molecule has 3 rings (SSSR count). The standard InChI is InChI=1S/C18H22N4O3/c1-25-13-15-11-17(24)22(18(20-15)21-9-5-6-10-21)12-16(23)19-14-7-3-2-4-8-14/h2-4,7-8,11H,5-6,9-10,12-13H2,1H3,(H,19,23). The zero-order chi connectivity index (χ0) is 17.6. The van der Waals surface area contributed by atoms with Crippen LogP contribution in [-0.4, -0.2) is 35.7 Å². The SMILES string of the molecule is COCc1cc(=O)n(CC(=O)Nc2ccccc2)c(N2CCCC2)n1.